The van der Waals surface area contributed by atoms with Crippen LogP contribution in [0.3, 0.4) is 0 Å². The molecule has 2 N–H and O–H groups in total. The van der Waals surface area contributed by atoms with E-state index in [0.29, 0.717) is 12.5 Å². The van der Waals surface area contributed by atoms with Crippen molar-refractivity contribution in [2.24, 2.45) is 0 Å². The molecule has 1 aromatic heterocycles. The molecule has 1 atom stereocenters. The van der Waals surface area contributed by atoms with E-state index in [0.717, 1.165) is 57.5 Å². The number of hydrogen-bond donors (Lipinski definition) is 2. The summed E-state index contributed by atoms with van der Waals surface area (Å²) in [5, 5.41) is 10.7. The molecule has 1 amide bonds. The SMILES string of the molecule is O=C(CC1CCCCO1)Nc1cnn(C2CCNCC2)c1. The second kappa shape index (κ2) is 7.04. The maximum Gasteiger partial charge on any atom is 0.227 e. The minimum Gasteiger partial charge on any atom is -0.378 e. The molecule has 3 rings (SSSR count). The molecular weight excluding hydrogens is 268 g/mol. The van der Waals surface area contributed by atoms with Crippen LogP contribution in [0.1, 0.15) is 44.6 Å². The Bertz CT molecular complexity index is 462. The predicted octanol–water partition coefficient (Wildman–Crippen LogP) is 1.71. The molecule has 0 radical (unpaired) electrons. The fourth-order valence-corrected chi connectivity index (χ4v) is 3.06. The van der Waals surface area contributed by atoms with Gasteiger partial charge < -0.3 is 15.4 Å². The first-order chi connectivity index (χ1) is 10.3. The Labute approximate surface area is 125 Å². The molecule has 1 aromatic rings. The summed E-state index contributed by atoms with van der Waals surface area (Å²) in [5.41, 5.74) is 0.786. The lowest BCUT2D eigenvalue weighted by Gasteiger charge is -2.22. The summed E-state index contributed by atoms with van der Waals surface area (Å²) in [4.78, 5) is 12.0. The Hall–Kier alpha value is -1.40. The van der Waals surface area contributed by atoms with Crippen LogP contribution in [-0.4, -0.2) is 41.5 Å². The third kappa shape index (κ3) is 4.04. The van der Waals surface area contributed by atoms with Gasteiger partial charge in [0.15, 0.2) is 0 Å². The number of ether oxygens (including phenoxy) is 1. The van der Waals surface area contributed by atoms with Crippen LogP contribution in [0.15, 0.2) is 12.4 Å². The third-order valence-electron chi connectivity index (χ3n) is 4.26. The third-order valence-corrected chi connectivity index (χ3v) is 4.26. The summed E-state index contributed by atoms with van der Waals surface area (Å²) in [6, 6.07) is 0.443. The zero-order valence-electron chi connectivity index (χ0n) is 12.4. The largest absolute Gasteiger partial charge is 0.378 e. The number of piperidine rings is 1. The normalized spacial score (nSPS) is 23.9. The Balaban J connectivity index is 1.50. The van der Waals surface area contributed by atoms with Crippen LogP contribution in [0.5, 0.6) is 0 Å². The summed E-state index contributed by atoms with van der Waals surface area (Å²) in [6.07, 6.45) is 9.64. The van der Waals surface area contributed by atoms with Crippen LogP contribution in [0.25, 0.3) is 0 Å². The van der Waals surface area contributed by atoms with Crippen molar-refractivity contribution in [2.75, 3.05) is 25.0 Å². The molecule has 0 spiro atoms. The first kappa shape index (κ1) is 14.5. The standard InChI is InChI=1S/C15H24N4O2/c20-15(9-14-3-1-2-8-21-14)18-12-10-17-19(11-12)13-4-6-16-7-5-13/h10-11,13-14,16H,1-9H2,(H,18,20). The zero-order valence-corrected chi connectivity index (χ0v) is 12.4. The van der Waals surface area contributed by atoms with Gasteiger partial charge in [0.2, 0.25) is 5.91 Å². The molecule has 116 valence electrons. The van der Waals surface area contributed by atoms with Crippen LogP contribution in [0.4, 0.5) is 5.69 Å². The van der Waals surface area contributed by atoms with Gasteiger partial charge in [-0.15, -0.1) is 0 Å². The highest BCUT2D eigenvalue weighted by Crippen LogP contribution is 2.20. The van der Waals surface area contributed by atoms with E-state index < -0.39 is 0 Å². The van der Waals surface area contributed by atoms with Crippen molar-refractivity contribution in [3.63, 3.8) is 0 Å². The maximum absolute atomic E-state index is 12.0. The van der Waals surface area contributed by atoms with E-state index in [-0.39, 0.29) is 12.0 Å². The van der Waals surface area contributed by atoms with Gasteiger partial charge in [0.25, 0.3) is 0 Å². The van der Waals surface area contributed by atoms with Gasteiger partial charge in [0.05, 0.1) is 30.5 Å². The van der Waals surface area contributed by atoms with E-state index in [1.807, 2.05) is 10.9 Å². The average Bonchev–Trinajstić information content (AvgIpc) is 2.97. The summed E-state index contributed by atoms with van der Waals surface area (Å²) >= 11 is 0. The highest BCUT2D eigenvalue weighted by Gasteiger charge is 2.19. The lowest BCUT2D eigenvalue weighted by Crippen LogP contribution is -2.29. The highest BCUT2D eigenvalue weighted by atomic mass is 16.5. The molecule has 21 heavy (non-hydrogen) atoms. The van der Waals surface area contributed by atoms with Crippen LogP contribution >= 0.6 is 0 Å². The maximum atomic E-state index is 12.0. The zero-order chi connectivity index (χ0) is 14.5. The molecule has 6 heteroatoms. The molecule has 0 aromatic carbocycles. The number of hydrogen-bond acceptors (Lipinski definition) is 4. The molecule has 2 fully saturated rings. The molecule has 2 saturated heterocycles. The monoisotopic (exact) mass is 292 g/mol. The van der Waals surface area contributed by atoms with Gasteiger partial charge >= 0.3 is 0 Å². The number of anilines is 1. The summed E-state index contributed by atoms with van der Waals surface area (Å²) in [7, 11) is 0. The minimum absolute atomic E-state index is 0.0201. The number of aromatic nitrogens is 2. The van der Waals surface area contributed by atoms with E-state index in [2.05, 4.69) is 15.7 Å². The van der Waals surface area contributed by atoms with Gasteiger partial charge in [-0.1, -0.05) is 0 Å². The number of amides is 1. The number of carbonyl (C=O) groups excluding carboxylic acids is 1. The second-order valence-electron chi connectivity index (χ2n) is 5.93. The molecule has 0 saturated carbocycles. The van der Waals surface area contributed by atoms with Gasteiger partial charge in [-0.3, -0.25) is 9.48 Å². The molecule has 0 bridgehead atoms. The Kier molecular flexibility index (Phi) is 4.87. The lowest BCUT2D eigenvalue weighted by atomic mass is 10.1. The number of nitrogens with zero attached hydrogens (tertiary/aromatic N) is 2. The highest BCUT2D eigenvalue weighted by molar-refractivity contribution is 5.90. The van der Waals surface area contributed by atoms with Crippen molar-refractivity contribution in [2.45, 2.75) is 50.7 Å². The smallest absolute Gasteiger partial charge is 0.227 e. The first-order valence-electron chi connectivity index (χ1n) is 7.97. The number of nitrogens with one attached hydrogen (secondary N) is 2. The van der Waals surface area contributed by atoms with Gasteiger partial charge in [-0.2, -0.15) is 5.10 Å². The molecule has 2 aliphatic rings. The van der Waals surface area contributed by atoms with E-state index in [9.17, 15) is 4.79 Å². The van der Waals surface area contributed by atoms with E-state index >= 15 is 0 Å². The Morgan fingerprint density at radius 2 is 2.24 bits per heavy atom. The van der Waals surface area contributed by atoms with Gasteiger partial charge in [-0.25, -0.2) is 0 Å². The number of carbonyl (C=O) groups is 1. The molecule has 1 unspecified atom stereocenters. The predicted molar refractivity (Wildman–Crippen MR) is 80.2 cm³/mol. The van der Waals surface area contributed by atoms with Gasteiger partial charge in [0, 0.05) is 12.8 Å². The van der Waals surface area contributed by atoms with E-state index in [1.165, 1.54) is 0 Å². The van der Waals surface area contributed by atoms with Crippen LogP contribution in [-0.2, 0) is 9.53 Å². The van der Waals surface area contributed by atoms with Crippen LogP contribution in [0, 0.1) is 0 Å². The van der Waals surface area contributed by atoms with Gasteiger partial charge in [0.1, 0.15) is 0 Å². The van der Waals surface area contributed by atoms with Crippen molar-refractivity contribution in [1.82, 2.24) is 15.1 Å². The Morgan fingerprint density at radius 1 is 1.38 bits per heavy atom. The topological polar surface area (TPSA) is 68.2 Å². The van der Waals surface area contributed by atoms with Crippen molar-refractivity contribution >= 4 is 11.6 Å². The van der Waals surface area contributed by atoms with E-state index in [1.54, 1.807) is 6.20 Å². The Morgan fingerprint density at radius 3 is 3.00 bits per heavy atom. The molecular formula is C15H24N4O2. The average molecular weight is 292 g/mol. The van der Waals surface area contributed by atoms with Crippen LogP contribution in [0.2, 0.25) is 0 Å². The van der Waals surface area contributed by atoms with Crippen molar-refractivity contribution in [3.8, 4) is 0 Å². The summed E-state index contributed by atoms with van der Waals surface area (Å²) in [5.74, 6) is 0.0201. The second-order valence-corrected chi connectivity index (χ2v) is 5.93. The fraction of sp³-hybridized carbons (Fsp3) is 0.733. The summed E-state index contributed by atoms with van der Waals surface area (Å²) < 4.78 is 7.58. The van der Waals surface area contributed by atoms with Crippen molar-refractivity contribution in [3.05, 3.63) is 12.4 Å². The summed E-state index contributed by atoms with van der Waals surface area (Å²) in [6.45, 7) is 2.85. The molecule has 3 heterocycles. The lowest BCUT2D eigenvalue weighted by molar-refractivity contribution is -0.119. The fourth-order valence-electron chi connectivity index (χ4n) is 3.06. The quantitative estimate of drug-likeness (QED) is 0.886. The number of rotatable bonds is 4. The van der Waals surface area contributed by atoms with Crippen molar-refractivity contribution in [1.29, 1.82) is 0 Å². The van der Waals surface area contributed by atoms with Gasteiger partial charge in [-0.05, 0) is 45.2 Å². The van der Waals surface area contributed by atoms with Crippen molar-refractivity contribution < 1.29 is 9.53 Å². The minimum atomic E-state index is 0.0201. The molecule has 0 aliphatic carbocycles. The first-order valence-corrected chi connectivity index (χ1v) is 7.97. The van der Waals surface area contributed by atoms with Crippen LogP contribution < -0.4 is 10.6 Å². The van der Waals surface area contributed by atoms with E-state index in [4.69, 9.17) is 4.74 Å². The molecule has 2 aliphatic heterocycles. The molecule has 6 nitrogen and oxygen atoms in total.